The van der Waals surface area contributed by atoms with E-state index in [1.807, 2.05) is 13.8 Å². The topological polar surface area (TPSA) is 82.5 Å². The first-order valence-corrected chi connectivity index (χ1v) is 7.51. The Hall–Kier alpha value is -1.63. The highest BCUT2D eigenvalue weighted by atomic mass is 32.1. The number of carboxylic acids is 1. The standard InChI is InChI=1S/C13H19N3O3S/c1-3-13(11(17)18)5-4-6-16(13)12(19)15-8-10-14-7-9(2)20-10/h7H,3-6,8H2,1-2H3,(H,15,19)(H,17,18). The highest BCUT2D eigenvalue weighted by molar-refractivity contribution is 7.11. The third-order valence-corrected chi connectivity index (χ3v) is 4.69. The van der Waals surface area contributed by atoms with Gasteiger partial charge in [0.2, 0.25) is 0 Å². The minimum atomic E-state index is -1.05. The van der Waals surface area contributed by atoms with Crippen LogP contribution in [0.4, 0.5) is 4.79 Å². The Bertz CT molecular complexity index is 517. The number of carboxylic acid groups (broad SMARTS) is 1. The molecule has 0 aromatic carbocycles. The third-order valence-electron chi connectivity index (χ3n) is 3.78. The van der Waals surface area contributed by atoms with E-state index in [0.29, 0.717) is 25.9 Å². The van der Waals surface area contributed by atoms with E-state index in [2.05, 4.69) is 10.3 Å². The molecule has 0 bridgehead atoms. The second kappa shape index (κ2) is 5.78. The molecule has 1 aromatic heterocycles. The van der Waals surface area contributed by atoms with E-state index in [1.165, 1.54) is 16.2 Å². The van der Waals surface area contributed by atoms with Crippen LogP contribution in [0, 0.1) is 6.92 Å². The summed E-state index contributed by atoms with van der Waals surface area (Å²) in [6.07, 6.45) is 3.42. The molecule has 2 rings (SSSR count). The minimum absolute atomic E-state index is 0.320. The van der Waals surface area contributed by atoms with Gasteiger partial charge in [0, 0.05) is 17.6 Å². The van der Waals surface area contributed by atoms with Crippen molar-refractivity contribution in [3.05, 3.63) is 16.1 Å². The lowest BCUT2D eigenvalue weighted by atomic mass is 9.93. The number of aryl methyl sites for hydroxylation is 1. The van der Waals surface area contributed by atoms with Crippen LogP contribution in [-0.4, -0.2) is 39.1 Å². The van der Waals surface area contributed by atoms with Crippen LogP contribution in [0.1, 0.15) is 36.1 Å². The first kappa shape index (κ1) is 14.8. The predicted octanol–water partition coefficient (Wildman–Crippen LogP) is 1.99. The van der Waals surface area contributed by atoms with Crippen molar-refractivity contribution in [2.24, 2.45) is 0 Å². The average Bonchev–Trinajstić information content (AvgIpc) is 3.02. The number of urea groups is 1. The maximum Gasteiger partial charge on any atom is 0.329 e. The molecule has 1 saturated heterocycles. The van der Waals surface area contributed by atoms with Crippen molar-refractivity contribution in [1.29, 1.82) is 0 Å². The number of hydrogen-bond donors (Lipinski definition) is 2. The van der Waals surface area contributed by atoms with Gasteiger partial charge in [-0.25, -0.2) is 14.6 Å². The maximum absolute atomic E-state index is 12.2. The van der Waals surface area contributed by atoms with Crippen LogP contribution in [0.25, 0.3) is 0 Å². The molecule has 7 heteroatoms. The van der Waals surface area contributed by atoms with Gasteiger partial charge in [0.15, 0.2) is 0 Å². The normalized spacial score (nSPS) is 22.0. The summed E-state index contributed by atoms with van der Waals surface area (Å²) < 4.78 is 0. The van der Waals surface area contributed by atoms with Crippen molar-refractivity contribution in [3.8, 4) is 0 Å². The summed E-state index contributed by atoms with van der Waals surface area (Å²) in [6, 6.07) is -0.320. The van der Waals surface area contributed by atoms with Crippen molar-refractivity contribution in [2.45, 2.75) is 45.2 Å². The zero-order chi connectivity index (χ0) is 14.8. The fourth-order valence-electron chi connectivity index (χ4n) is 2.65. The summed E-state index contributed by atoms with van der Waals surface area (Å²) >= 11 is 1.52. The van der Waals surface area contributed by atoms with E-state index in [4.69, 9.17) is 0 Å². The molecule has 0 radical (unpaired) electrons. The van der Waals surface area contributed by atoms with Crippen LogP contribution in [0.2, 0.25) is 0 Å². The molecule has 1 fully saturated rings. The monoisotopic (exact) mass is 297 g/mol. The molecule has 2 N–H and O–H groups in total. The first-order chi connectivity index (χ1) is 9.49. The van der Waals surface area contributed by atoms with Gasteiger partial charge in [0.25, 0.3) is 0 Å². The molecule has 20 heavy (non-hydrogen) atoms. The molecule has 110 valence electrons. The summed E-state index contributed by atoms with van der Waals surface area (Å²) in [5, 5.41) is 13.0. The average molecular weight is 297 g/mol. The van der Waals surface area contributed by atoms with E-state index in [9.17, 15) is 14.7 Å². The Labute approximate surface area is 121 Å². The second-order valence-corrected chi connectivity index (χ2v) is 6.29. The van der Waals surface area contributed by atoms with Crippen molar-refractivity contribution >= 4 is 23.3 Å². The number of thiazole rings is 1. The summed E-state index contributed by atoms with van der Waals surface area (Å²) in [6.45, 7) is 4.59. The Morgan fingerprint density at radius 1 is 1.60 bits per heavy atom. The fourth-order valence-corrected chi connectivity index (χ4v) is 3.37. The fraction of sp³-hybridized carbons (Fsp3) is 0.615. The van der Waals surface area contributed by atoms with Crippen molar-refractivity contribution in [3.63, 3.8) is 0 Å². The molecule has 6 nitrogen and oxygen atoms in total. The van der Waals surface area contributed by atoms with Crippen LogP contribution in [0.5, 0.6) is 0 Å². The number of rotatable bonds is 4. The van der Waals surface area contributed by atoms with Gasteiger partial charge >= 0.3 is 12.0 Å². The lowest BCUT2D eigenvalue weighted by Crippen LogP contribution is -2.55. The van der Waals surface area contributed by atoms with Crippen LogP contribution in [-0.2, 0) is 11.3 Å². The number of nitrogens with zero attached hydrogens (tertiary/aromatic N) is 2. The van der Waals surface area contributed by atoms with Crippen LogP contribution in [0.3, 0.4) is 0 Å². The molecule has 1 atom stereocenters. The van der Waals surface area contributed by atoms with Crippen LogP contribution >= 0.6 is 11.3 Å². The number of nitrogens with one attached hydrogen (secondary N) is 1. The number of carbonyl (C=O) groups excluding carboxylic acids is 1. The van der Waals surface area contributed by atoms with Crippen molar-refractivity contribution in [1.82, 2.24) is 15.2 Å². The van der Waals surface area contributed by atoms with Gasteiger partial charge in [0.1, 0.15) is 10.5 Å². The number of aliphatic carboxylic acids is 1. The van der Waals surface area contributed by atoms with E-state index < -0.39 is 11.5 Å². The van der Waals surface area contributed by atoms with Crippen molar-refractivity contribution < 1.29 is 14.7 Å². The van der Waals surface area contributed by atoms with E-state index >= 15 is 0 Å². The molecule has 1 aromatic rings. The first-order valence-electron chi connectivity index (χ1n) is 6.70. The Morgan fingerprint density at radius 2 is 2.35 bits per heavy atom. The van der Waals surface area contributed by atoms with Gasteiger partial charge in [-0.05, 0) is 26.2 Å². The van der Waals surface area contributed by atoms with Gasteiger partial charge in [-0.2, -0.15) is 0 Å². The summed E-state index contributed by atoms with van der Waals surface area (Å²) in [5.74, 6) is -0.919. The Balaban J connectivity index is 2.02. The van der Waals surface area contributed by atoms with E-state index in [1.54, 1.807) is 6.20 Å². The summed E-state index contributed by atoms with van der Waals surface area (Å²) in [7, 11) is 0. The zero-order valence-corrected chi connectivity index (χ0v) is 12.5. The van der Waals surface area contributed by atoms with Crippen LogP contribution < -0.4 is 5.32 Å². The minimum Gasteiger partial charge on any atom is -0.479 e. The Morgan fingerprint density at radius 3 is 2.90 bits per heavy atom. The molecular formula is C13H19N3O3S. The van der Waals surface area contributed by atoms with E-state index in [0.717, 1.165) is 16.3 Å². The zero-order valence-electron chi connectivity index (χ0n) is 11.7. The van der Waals surface area contributed by atoms with Crippen LogP contribution in [0.15, 0.2) is 6.20 Å². The predicted molar refractivity (Wildman–Crippen MR) is 75.7 cm³/mol. The molecule has 2 heterocycles. The molecule has 1 unspecified atom stereocenters. The second-order valence-electron chi connectivity index (χ2n) is 4.97. The van der Waals surface area contributed by atoms with Gasteiger partial charge in [0.05, 0.1) is 6.54 Å². The van der Waals surface area contributed by atoms with Gasteiger partial charge in [-0.3, -0.25) is 0 Å². The highest BCUT2D eigenvalue weighted by Gasteiger charge is 2.48. The quantitative estimate of drug-likeness (QED) is 0.890. The Kier molecular flexibility index (Phi) is 4.27. The maximum atomic E-state index is 12.2. The number of carbonyl (C=O) groups is 2. The molecule has 2 amide bonds. The van der Waals surface area contributed by atoms with Crippen molar-refractivity contribution in [2.75, 3.05) is 6.54 Å². The van der Waals surface area contributed by atoms with E-state index in [-0.39, 0.29) is 6.03 Å². The molecular weight excluding hydrogens is 278 g/mol. The lowest BCUT2D eigenvalue weighted by Gasteiger charge is -2.33. The smallest absolute Gasteiger partial charge is 0.329 e. The summed E-state index contributed by atoms with van der Waals surface area (Å²) in [4.78, 5) is 30.5. The van der Waals surface area contributed by atoms with Gasteiger partial charge in [-0.1, -0.05) is 6.92 Å². The largest absolute Gasteiger partial charge is 0.479 e. The molecule has 0 aliphatic carbocycles. The van der Waals surface area contributed by atoms with Gasteiger partial charge in [-0.15, -0.1) is 11.3 Å². The highest BCUT2D eigenvalue weighted by Crippen LogP contribution is 2.32. The molecule has 0 spiro atoms. The molecule has 0 saturated carbocycles. The number of aromatic nitrogens is 1. The summed E-state index contributed by atoms with van der Waals surface area (Å²) in [5.41, 5.74) is -1.05. The SMILES string of the molecule is CCC1(C(=O)O)CCCN1C(=O)NCc1ncc(C)s1. The third kappa shape index (κ3) is 2.63. The number of amides is 2. The lowest BCUT2D eigenvalue weighted by molar-refractivity contribution is -0.148. The molecule has 1 aliphatic heterocycles. The number of hydrogen-bond acceptors (Lipinski definition) is 4. The van der Waals surface area contributed by atoms with Gasteiger partial charge < -0.3 is 15.3 Å². The number of likely N-dealkylation sites (tertiary alicyclic amines) is 1. The molecule has 1 aliphatic rings.